The van der Waals surface area contributed by atoms with Crippen LogP contribution in [-0.4, -0.2) is 70.4 Å². The van der Waals surface area contributed by atoms with Crippen LogP contribution in [0.2, 0.25) is 0 Å². The molecule has 23 heavy (non-hydrogen) atoms. The third kappa shape index (κ3) is 7.51. The molecule has 0 amide bonds. The summed E-state index contributed by atoms with van der Waals surface area (Å²) in [5, 5.41) is 14.6. The normalized spacial score (nSPS) is 10.5. The quantitative estimate of drug-likeness (QED) is 0.234. The largest absolute Gasteiger partial charge is 0.370 e. The molecule has 0 aliphatic rings. The van der Waals surface area contributed by atoms with E-state index in [4.69, 9.17) is 22.3 Å². The van der Waals surface area contributed by atoms with Crippen LogP contribution in [-0.2, 0) is 11.5 Å². The van der Waals surface area contributed by atoms with E-state index in [9.17, 15) is 0 Å². The van der Waals surface area contributed by atoms with Gasteiger partial charge in [0.25, 0.3) is 0 Å². The minimum atomic E-state index is 0.0954. The molecule has 0 saturated carbocycles. The summed E-state index contributed by atoms with van der Waals surface area (Å²) in [6.07, 6.45) is 1.73. The van der Waals surface area contributed by atoms with E-state index in [-0.39, 0.29) is 11.9 Å². The van der Waals surface area contributed by atoms with E-state index in [1.54, 1.807) is 39.7 Å². The molecule has 0 unspecified atom stereocenters. The Balaban J connectivity index is 2.25. The average molecular weight is 359 g/mol. The molecule has 1 aromatic rings. The molecule has 1 aromatic heterocycles. The highest BCUT2D eigenvalue weighted by molar-refractivity contribution is 7.98. The second kappa shape index (κ2) is 10.3. The van der Waals surface area contributed by atoms with Crippen LogP contribution in [0.15, 0.2) is 6.33 Å². The van der Waals surface area contributed by atoms with Crippen molar-refractivity contribution in [1.29, 1.82) is 10.8 Å². The number of guanidine groups is 2. The molecule has 0 aliphatic carbocycles. The highest BCUT2D eigenvalue weighted by atomic mass is 32.2. The van der Waals surface area contributed by atoms with E-state index < -0.39 is 0 Å². The first kappa shape index (κ1) is 19.5. The van der Waals surface area contributed by atoms with Crippen LogP contribution in [0.4, 0.5) is 0 Å². The van der Waals surface area contributed by atoms with Gasteiger partial charge >= 0.3 is 0 Å². The summed E-state index contributed by atoms with van der Waals surface area (Å²) in [5.74, 6) is 3.72. The molecule has 0 spiro atoms. The number of thioether (sulfide) groups is 2. The van der Waals surface area contributed by atoms with Crippen molar-refractivity contribution in [3.63, 3.8) is 0 Å². The SMILES string of the molecule is CN(CCSCc1nc[nH]c1CSCCN(C)C(=N)N)C(=N)N. The fourth-order valence-electron chi connectivity index (χ4n) is 1.59. The Hall–Kier alpha value is -1.55. The fourth-order valence-corrected chi connectivity index (χ4v) is 3.58. The molecule has 0 aliphatic heterocycles. The van der Waals surface area contributed by atoms with Gasteiger partial charge in [-0.05, 0) is 0 Å². The molecule has 0 fully saturated rings. The Kier molecular flexibility index (Phi) is 8.70. The van der Waals surface area contributed by atoms with Crippen LogP contribution in [0.5, 0.6) is 0 Å². The minimum Gasteiger partial charge on any atom is -0.370 e. The van der Waals surface area contributed by atoms with Gasteiger partial charge < -0.3 is 26.3 Å². The minimum absolute atomic E-state index is 0.0954. The van der Waals surface area contributed by atoms with Gasteiger partial charge in [-0.3, -0.25) is 10.8 Å². The molecule has 0 atom stereocenters. The second-order valence-corrected chi connectivity index (χ2v) is 7.26. The van der Waals surface area contributed by atoms with Crippen LogP contribution in [0.25, 0.3) is 0 Å². The highest BCUT2D eigenvalue weighted by Crippen LogP contribution is 2.18. The van der Waals surface area contributed by atoms with Crippen LogP contribution in [0.3, 0.4) is 0 Å². The molecule has 1 heterocycles. The molecule has 130 valence electrons. The number of H-pyrrole nitrogens is 1. The molecule has 7 N–H and O–H groups in total. The van der Waals surface area contributed by atoms with Crippen molar-refractivity contribution in [2.75, 3.05) is 38.7 Å². The number of rotatable bonds is 10. The summed E-state index contributed by atoms with van der Waals surface area (Å²) < 4.78 is 0. The topological polar surface area (TPSA) is 135 Å². The van der Waals surface area contributed by atoms with Gasteiger partial charge in [-0.1, -0.05) is 0 Å². The molecule has 0 aromatic carbocycles. The summed E-state index contributed by atoms with van der Waals surface area (Å²) in [4.78, 5) is 11.0. The molecule has 0 radical (unpaired) electrons. The first-order chi connectivity index (χ1) is 10.9. The molecule has 8 nitrogen and oxygen atoms in total. The van der Waals surface area contributed by atoms with Crippen molar-refractivity contribution in [1.82, 2.24) is 19.8 Å². The third-order valence-electron chi connectivity index (χ3n) is 3.26. The van der Waals surface area contributed by atoms with E-state index in [1.165, 1.54) is 0 Å². The van der Waals surface area contributed by atoms with Gasteiger partial charge in [0.05, 0.1) is 12.0 Å². The Bertz CT molecular complexity index is 461. The van der Waals surface area contributed by atoms with Gasteiger partial charge in [0.15, 0.2) is 11.9 Å². The maximum atomic E-state index is 7.31. The van der Waals surface area contributed by atoms with Gasteiger partial charge in [0, 0.05) is 55.9 Å². The summed E-state index contributed by atoms with van der Waals surface area (Å²) in [6.45, 7) is 1.52. The van der Waals surface area contributed by atoms with Crippen molar-refractivity contribution >= 4 is 35.4 Å². The monoisotopic (exact) mass is 358 g/mol. The number of nitrogens with two attached hydrogens (primary N) is 2. The standard InChI is InChI=1S/C13H26N8S2/c1-20(12(14)15)3-5-22-7-10-11(19-9-18-10)8-23-6-4-21(2)13(16)17/h9H,3-8H2,1-2H3,(H3,14,15)(H3,16,17)(H,18,19). The van der Waals surface area contributed by atoms with Crippen molar-refractivity contribution in [3.05, 3.63) is 17.7 Å². The Labute approximate surface area is 145 Å². The van der Waals surface area contributed by atoms with Gasteiger partial charge in [0.1, 0.15) is 0 Å². The predicted molar refractivity (Wildman–Crippen MR) is 100.0 cm³/mol. The van der Waals surface area contributed by atoms with E-state index in [2.05, 4.69) is 9.97 Å². The van der Waals surface area contributed by atoms with E-state index in [0.717, 1.165) is 47.5 Å². The molecular weight excluding hydrogens is 332 g/mol. The number of nitrogens with one attached hydrogen (secondary N) is 3. The van der Waals surface area contributed by atoms with E-state index in [1.807, 2.05) is 14.1 Å². The molecule has 0 bridgehead atoms. The van der Waals surface area contributed by atoms with Gasteiger partial charge in [-0.15, -0.1) is 0 Å². The van der Waals surface area contributed by atoms with E-state index >= 15 is 0 Å². The van der Waals surface area contributed by atoms with Crippen LogP contribution < -0.4 is 11.5 Å². The Morgan fingerprint density at radius 3 is 2.13 bits per heavy atom. The van der Waals surface area contributed by atoms with Crippen LogP contribution >= 0.6 is 23.5 Å². The zero-order valence-electron chi connectivity index (χ0n) is 13.6. The summed E-state index contributed by atoms with van der Waals surface area (Å²) in [5.41, 5.74) is 13.0. The maximum Gasteiger partial charge on any atom is 0.188 e. The summed E-state index contributed by atoms with van der Waals surface area (Å²) in [7, 11) is 3.64. The number of imidazole rings is 1. The number of nitrogens with zero attached hydrogens (tertiary/aromatic N) is 3. The predicted octanol–water partition coefficient (Wildman–Crippen LogP) is 0.527. The number of aromatic amines is 1. The van der Waals surface area contributed by atoms with Crippen molar-refractivity contribution in [2.45, 2.75) is 11.5 Å². The maximum absolute atomic E-state index is 7.31. The van der Waals surface area contributed by atoms with Gasteiger partial charge in [-0.25, -0.2) is 4.98 Å². The number of hydrogen-bond acceptors (Lipinski definition) is 5. The zero-order valence-corrected chi connectivity index (χ0v) is 15.3. The summed E-state index contributed by atoms with van der Waals surface area (Å²) in [6, 6.07) is 0. The highest BCUT2D eigenvalue weighted by Gasteiger charge is 2.07. The summed E-state index contributed by atoms with van der Waals surface area (Å²) >= 11 is 3.57. The first-order valence-corrected chi connectivity index (χ1v) is 9.49. The first-order valence-electron chi connectivity index (χ1n) is 7.18. The van der Waals surface area contributed by atoms with Crippen molar-refractivity contribution in [2.24, 2.45) is 11.5 Å². The Morgan fingerprint density at radius 1 is 1.09 bits per heavy atom. The van der Waals surface area contributed by atoms with Gasteiger partial charge in [0.2, 0.25) is 0 Å². The Morgan fingerprint density at radius 2 is 1.61 bits per heavy atom. The number of aromatic nitrogens is 2. The van der Waals surface area contributed by atoms with Crippen molar-refractivity contribution in [3.8, 4) is 0 Å². The van der Waals surface area contributed by atoms with Crippen molar-refractivity contribution < 1.29 is 0 Å². The van der Waals surface area contributed by atoms with E-state index in [0.29, 0.717) is 0 Å². The second-order valence-electron chi connectivity index (χ2n) is 5.05. The lowest BCUT2D eigenvalue weighted by atomic mass is 10.4. The fraction of sp³-hybridized carbons (Fsp3) is 0.615. The molecular formula is C13H26N8S2. The third-order valence-corrected chi connectivity index (χ3v) is 5.17. The molecule has 0 saturated heterocycles. The lowest BCUT2D eigenvalue weighted by Crippen LogP contribution is -2.34. The van der Waals surface area contributed by atoms with Gasteiger partial charge in [-0.2, -0.15) is 23.5 Å². The van der Waals surface area contributed by atoms with Crippen LogP contribution in [0, 0.1) is 10.8 Å². The lowest BCUT2D eigenvalue weighted by Gasteiger charge is -2.16. The molecule has 1 rings (SSSR count). The molecule has 10 heteroatoms. The average Bonchev–Trinajstić information content (AvgIpc) is 2.94. The smallest absolute Gasteiger partial charge is 0.188 e. The van der Waals surface area contributed by atoms with Crippen LogP contribution in [0.1, 0.15) is 11.4 Å². The lowest BCUT2D eigenvalue weighted by molar-refractivity contribution is 0.529. The number of hydrogen-bond donors (Lipinski definition) is 5. The zero-order chi connectivity index (χ0) is 17.2.